The first-order chi connectivity index (χ1) is 25.8. The van der Waals surface area contributed by atoms with Gasteiger partial charge in [-0.05, 0) is 40.7 Å². The van der Waals surface area contributed by atoms with Crippen molar-refractivity contribution in [3.8, 4) is 0 Å². The smallest absolute Gasteiger partial charge is 0.187 e. The molecule has 2 aliphatic rings. The third-order valence-electron chi connectivity index (χ3n) is 10.1. The van der Waals surface area contributed by atoms with Crippen LogP contribution in [0.25, 0.3) is 0 Å². The summed E-state index contributed by atoms with van der Waals surface area (Å²) in [5, 5.41) is 0. The molecule has 7 rings (SSSR count). The van der Waals surface area contributed by atoms with Gasteiger partial charge in [-0.2, -0.15) is 0 Å². The van der Waals surface area contributed by atoms with Gasteiger partial charge in [0, 0.05) is 5.92 Å². The molecule has 1 saturated heterocycles. The van der Waals surface area contributed by atoms with E-state index in [9.17, 15) is 0 Å². The van der Waals surface area contributed by atoms with Crippen LogP contribution < -0.4 is 0 Å². The summed E-state index contributed by atoms with van der Waals surface area (Å²) >= 11 is 0. The van der Waals surface area contributed by atoms with Gasteiger partial charge in [-0.1, -0.05) is 165 Å². The predicted octanol–water partition coefficient (Wildman–Crippen LogP) is 9.43. The molecule has 5 aromatic rings. The van der Waals surface area contributed by atoms with Gasteiger partial charge in [0.2, 0.25) is 0 Å². The molecule has 7 atom stereocenters. The lowest BCUT2D eigenvalue weighted by Gasteiger charge is -2.47. The molecule has 1 saturated carbocycles. The summed E-state index contributed by atoms with van der Waals surface area (Å²) < 4.78 is 41.2. The zero-order valence-corrected chi connectivity index (χ0v) is 29.8. The Morgan fingerprint density at radius 2 is 0.904 bits per heavy atom. The van der Waals surface area contributed by atoms with E-state index in [1.165, 1.54) is 12.0 Å². The van der Waals surface area contributed by atoms with Gasteiger partial charge in [0.25, 0.3) is 0 Å². The molecule has 0 aromatic heterocycles. The van der Waals surface area contributed by atoms with E-state index in [0.29, 0.717) is 33.0 Å². The summed E-state index contributed by atoms with van der Waals surface area (Å²) in [5.74, 6) is 0.261. The highest BCUT2D eigenvalue weighted by atomic mass is 16.7. The number of rotatable bonds is 16. The van der Waals surface area contributed by atoms with Crippen molar-refractivity contribution < 1.29 is 28.4 Å². The van der Waals surface area contributed by atoms with Crippen LogP contribution in [0, 0.1) is 0 Å². The van der Waals surface area contributed by atoms with Gasteiger partial charge in [0.1, 0.15) is 24.4 Å². The Morgan fingerprint density at radius 1 is 0.462 bits per heavy atom. The minimum Gasteiger partial charge on any atom is -0.374 e. The molecule has 0 bridgehead atoms. The van der Waals surface area contributed by atoms with Crippen molar-refractivity contribution >= 4 is 0 Å². The van der Waals surface area contributed by atoms with Crippen LogP contribution in [0.2, 0.25) is 0 Å². The van der Waals surface area contributed by atoms with Crippen molar-refractivity contribution in [2.24, 2.45) is 0 Å². The molecule has 6 nitrogen and oxygen atoms in total. The van der Waals surface area contributed by atoms with Crippen LogP contribution in [-0.2, 0) is 54.8 Å². The molecule has 270 valence electrons. The van der Waals surface area contributed by atoms with Gasteiger partial charge in [-0.15, -0.1) is 0 Å². The van der Waals surface area contributed by atoms with E-state index in [4.69, 9.17) is 28.4 Å². The van der Waals surface area contributed by atoms with Crippen molar-refractivity contribution in [1.82, 2.24) is 0 Å². The number of ether oxygens (including phenoxy) is 6. The van der Waals surface area contributed by atoms with Crippen molar-refractivity contribution in [2.45, 2.75) is 94.8 Å². The lowest BCUT2D eigenvalue weighted by Crippen LogP contribution is -2.62. The van der Waals surface area contributed by atoms with Gasteiger partial charge in [-0.3, -0.25) is 0 Å². The van der Waals surface area contributed by atoms with Crippen molar-refractivity contribution in [3.63, 3.8) is 0 Å². The van der Waals surface area contributed by atoms with Crippen LogP contribution in [0.1, 0.15) is 59.4 Å². The molecule has 52 heavy (non-hydrogen) atoms. The maximum Gasteiger partial charge on any atom is 0.187 e. The molecule has 0 N–H and O–H groups in total. The topological polar surface area (TPSA) is 55.4 Å². The molecule has 1 aliphatic heterocycles. The van der Waals surface area contributed by atoms with Gasteiger partial charge >= 0.3 is 0 Å². The molecule has 0 spiro atoms. The Bertz CT molecular complexity index is 1710. The Kier molecular flexibility index (Phi) is 13.3. The summed E-state index contributed by atoms with van der Waals surface area (Å²) in [5.41, 5.74) is 5.61. The molecule has 5 aromatic carbocycles. The number of benzene rings is 5. The molecular formula is C46H50O6. The van der Waals surface area contributed by atoms with Crippen LogP contribution in [0.15, 0.2) is 152 Å². The third-order valence-corrected chi connectivity index (χ3v) is 10.1. The standard InChI is InChI=1S/C46H50O6/c1-6-18-35(19-7-1)30-47-34-42-43(48-31-36-20-8-2-9-21-36)44(49-32-37-22-10-3-11-23-37)45(50-33-38-24-12-4-13-25-38)46(52-42)51-41-29-17-16-28-40(41)39-26-14-5-15-27-39/h1-15,18-27,40-46H,16-17,28-34H2/t40-,41+,42+,43+,44-,45+,46-/m0/s1. The van der Waals surface area contributed by atoms with Crippen molar-refractivity contribution in [3.05, 3.63) is 179 Å². The van der Waals surface area contributed by atoms with E-state index < -0.39 is 30.7 Å². The highest BCUT2D eigenvalue weighted by Gasteiger charge is 2.50. The van der Waals surface area contributed by atoms with Crippen LogP contribution in [0.5, 0.6) is 0 Å². The zero-order chi connectivity index (χ0) is 35.2. The lowest BCUT2D eigenvalue weighted by atomic mass is 9.81. The quantitative estimate of drug-likeness (QED) is 0.102. The molecule has 6 heteroatoms. The average molecular weight is 699 g/mol. The van der Waals surface area contributed by atoms with Crippen LogP contribution in [-0.4, -0.2) is 43.4 Å². The first-order valence-corrected chi connectivity index (χ1v) is 18.7. The molecule has 1 aliphatic carbocycles. The second kappa shape index (κ2) is 19.1. The summed E-state index contributed by atoms with van der Waals surface area (Å²) in [6, 6.07) is 51.7. The molecule has 0 radical (unpaired) electrons. The molecule has 0 unspecified atom stereocenters. The zero-order valence-electron chi connectivity index (χ0n) is 29.8. The van der Waals surface area contributed by atoms with Gasteiger partial charge in [0.15, 0.2) is 6.29 Å². The van der Waals surface area contributed by atoms with E-state index in [-0.39, 0.29) is 12.0 Å². The first-order valence-electron chi connectivity index (χ1n) is 18.7. The fraction of sp³-hybridized carbons (Fsp3) is 0.348. The second-order valence-corrected chi connectivity index (χ2v) is 13.8. The maximum absolute atomic E-state index is 7.15. The monoisotopic (exact) mass is 698 g/mol. The maximum atomic E-state index is 7.15. The van der Waals surface area contributed by atoms with Crippen LogP contribution >= 0.6 is 0 Å². The summed E-state index contributed by atoms with van der Waals surface area (Å²) in [6.07, 6.45) is 1.48. The highest BCUT2D eigenvalue weighted by molar-refractivity contribution is 5.22. The Morgan fingerprint density at radius 3 is 1.44 bits per heavy atom. The van der Waals surface area contributed by atoms with E-state index in [1.807, 2.05) is 72.8 Å². The SMILES string of the molecule is c1ccc(COC[C@H]2O[C@H](O[C@@H]3CCCC[C@H]3c3ccccc3)[C@H](OCc3ccccc3)[C@@H](OCc3ccccc3)[C@@H]2OCc2ccccc2)cc1. The van der Waals surface area contributed by atoms with Gasteiger partial charge < -0.3 is 28.4 Å². The Hall–Kier alpha value is -4.14. The first kappa shape index (κ1) is 36.2. The molecule has 1 heterocycles. The number of hydrogen-bond acceptors (Lipinski definition) is 6. The fourth-order valence-corrected chi connectivity index (χ4v) is 7.37. The molecular weight excluding hydrogens is 649 g/mol. The fourth-order valence-electron chi connectivity index (χ4n) is 7.37. The Labute approximate surface area is 308 Å². The predicted molar refractivity (Wildman–Crippen MR) is 202 cm³/mol. The minimum absolute atomic E-state index is 0.0357. The van der Waals surface area contributed by atoms with E-state index in [0.717, 1.165) is 41.5 Å². The lowest BCUT2D eigenvalue weighted by molar-refractivity contribution is -0.338. The molecule has 0 amide bonds. The summed E-state index contributed by atoms with van der Waals surface area (Å²) in [7, 11) is 0. The highest BCUT2D eigenvalue weighted by Crippen LogP contribution is 2.39. The third kappa shape index (κ3) is 10.0. The largest absolute Gasteiger partial charge is 0.374 e. The normalized spacial score (nSPS) is 24.7. The summed E-state index contributed by atoms with van der Waals surface area (Å²) in [4.78, 5) is 0. The molecule has 2 fully saturated rings. The van der Waals surface area contributed by atoms with Gasteiger partial charge in [-0.25, -0.2) is 0 Å². The average Bonchev–Trinajstić information content (AvgIpc) is 3.21. The van der Waals surface area contributed by atoms with Crippen LogP contribution in [0.3, 0.4) is 0 Å². The summed E-state index contributed by atoms with van der Waals surface area (Å²) in [6.45, 7) is 1.93. The van der Waals surface area contributed by atoms with Crippen molar-refractivity contribution in [1.29, 1.82) is 0 Å². The van der Waals surface area contributed by atoms with Gasteiger partial charge in [0.05, 0.1) is 39.1 Å². The minimum atomic E-state index is -0.708. The van der Waals surface area contributed by atoms with Crippen LogP contribution in [0.4, 0.5) is 0 Å². The van der Waals surface area contributed by atoms with E-state index in [2.05, 4.69) is 78.9 Å². The Balaban J connectivity index is 1.21. The van der Waals surface area contributed by atoms with E-state index in [1.54, 1.807) is 0 Å². The van der Waals surface area contributed by atoms with E-state index >= 15 is 0 Å². The number of hydrogen-bond donors (Lipinski definition) is 0. The van der Waals surface area contributed by atoms with Crippen molar-refractivity contribution in [2.75, 3.05) is 6.61 Å². The second-order valence-electron chi connectivity index (χ2n) is 13.8.